The molecule has 0 aliphatic heterocycles. The van der Waals surface area contributed by atoms with Crippen molar-refractivity contribution in [2.45, 2.75) is 39.2 Å². The molecule has 1 aromatic rings. The summed E-state index contributed by atoms with van der Waals surface area (Å²) >= 11 is 1.73. The molecule has 78 valence electrons. The molecule has 2 heteroatoms. The predicted octanol–water partition coefficient (Wildman–Crippen LogP) is 3.53. The molecule has 14 heavy (non-hydrogen) atoms. The maximum absolute atomic E-state index is 10.2. The summed E-state index contributed by atoms with van der Waals surface area (Å²) in [4.78, 5) is 1.27. The van der Waals surface area contributed by atoms with E-state index in [9.17, 15) is 5.11 Å². The van der Waals surface area contributed by atoms with Crippen LogP contribution in [0.4, 0.5) is 0 Å². The van der Waals surface area contributed by atoms with Crippen molar-refractivity contribution in [1.82, 2.24) is 0 Å². The largest absolute Gasteiger partial charge is 0.388 e. The molecular weight excluding hydrogens is 192 g/mol. The van der Waals surface area contributed by atoms with Crippen molar-refractivity contribution in [3.63, 3.8) is 0 Å². The lowest BCUT2D eigenvalue weighted by atomic mass is 9.73. The second-order valence-electron chi connectivity index (χ2n) is 4.43. The summed E-state index contributed by atoms with van der Waals surface area (Å²) in [6, 6.07) is 2.07. The van der Waals surface area contributed by atoms with Crippen molar-refractivity contribution < 1.29 is 5.11 Å². The second kappa shape index (κ2) is 4.03. The molecule has 0 spiro atoms. The highest BCUT2D eigenvalue weighted by atomic mass is 32.1. The lowest BCUT2D eigenvalue weighted by molar-refractivity contribution is 0.0533. The Morgan fingerprint density at radius 3 is 2.64 bits per heavy atom. The molecular formula is C12H18OS. The quantitative estimate of drug-likeness (QED) is 0.809. The minimum absolute atomic E-state index is 0.244. The Morgan fingerprint density at radius 1 is 1.50 bits per heavy atom. The minimum Gasteiger partial charge on any atom is -0.388 e. The molecule has 0 aromatic carbocycles. The number of aliphatic hydroxyl groups excluding tert-OH is 1. The van der Waals surface area contributed by atoms with Crippen LogP contribution in [0.25, 0.3) is 0 Å². The van der Waals surface area contributed by atoms with Gasteiger partial charge in [-0.1, -0.05) is 26.2 Å². The molecule has 0 saturated heterocycles. The Balaban J connectivity index is 2.07. The number of thiophene rings is 1. The van der Waals surface area contributed by atoms with Crippen LogP contribution in [-0.2, 0) is 0 Å². The monoisotopic (exact) mass is 210 g/mol. The smallest absolute Gasteiger partial charge is 0.0828 e. The molecule has 1 aliphatic rings. The predicted molar refractivity (Wildman–Crippen MR) is 60.5 cm³/mol. The van der Waals surface area contributed by atoms with Gasteiger partial charge in [0.1, 0.15) is 0 Å². The topological polar surface area (TPSA) is 20.2 Å². The standard InChI is InChI=1S/C12H18OS/c1-8(10-4-3-5-10)12(13)11-6-7-14-9(11)2/h6-8,10,12-13H,3-5H2,1-2H3. The van der Waals surface area contributed by atoms with Gasteiger partial charge in [-0.2, -0.15) is 0 Å². The maximum atomic E-state index is 10.2. The van der Waals surface area contributed by atoms with E-state index in [-0.39, 0.29) is 6.10 Å². The van der Waals surface area contributed by atoms with Gasteiger partial charge in [-0.05, 0) is 35.8 Å². The molecule has 1 fully saturated rings. The van der Waals surface area contributed by atoms with Crippen LogP contribution >= 0.6 is 11.3 Å². The van der Waals surface area contributed by atoms with Crippen LogP contribution in [0, 0.1) is 18.8 Å². The molecule has 2 atom stereocenters. The summed E-state index contributed by atoms with van der Waals surface area (Å²) in [6.45, 7) is 4.28. The summed E-state index contributed by atoms with van der Waals surface area (Å²) < 4.78 is 0. The molecule has 2 rings (SSSR count). The zero-order chi connectivity index (χ0) is 10.1. The van der Waals surface area contributed by atoms with Crippen LogP contribution < -0.4 is 0 Å². The van der Waals surface area contributed by atoms with E-state index in [0.29, 0.717) is 5.92 Å². The van der Waals surface area contributed by atoms with Gasteiger partial charge in [0, 0.05) is 4.88 Å². The van der Waals surface area contributed by atoms with Crippen LogP contribution in [0.2, 0.25) is 0 Å². The van der Waals surface area contributed by atoms with E-state index in [2.05, 4.69) is 25.3 Å². The highest BCUT2D eigenvalue weighted by molar-refractivity contribution is 7.10. The molecule has 1 heterocycles. The number of hydrogen-bond donors (Lipinski definition) is 1. The minimum atomic E-state index is -0.244. The first-order chi connectivity index (χ1) is 6.70. The average molecular weight is 210 g/mol. The molecule has 1 aromatic heterocycles. The maximum Gasteiger partial charge on any atom is 0.0828 e. The van der Waals surface area contributed by atoms with E-state index in [4.69, 9.17) is 0 Å². The molecule has 0 bridgehead atoms. The van der Waals surface area contributed by atoms with E-state index in [1.54, 1.807) is 11.3 Å². The van der Waals surface area contributed by atoms with Crippen LogP contribution in [0.15, 0.2) is 11.4 Å². The van der Waals surface area contributed by atoms with Crippen LogP contribution in [0.3, 0.4) is 0 Å². The van der Waals surface area contributed by atoms with E-state index in [1.165, 1.54) is 24.1 Å². The Hall–Kier alpha value is -0.340. The van der Waals surface area contributed by atoms with E-state index < -0.39 is 0 Å². The van der Waals surface area contributed by atoms with E-state index in [1.807, 2.05) is 0 Å². The summed E-state index contributed by atoms with van der Waals surface area (Å²) in [5, 5.41) is 12.3. The third-order valence-corrected chi connectivity index (χ3v) is 4.47. The second-order valence-corrected chi connectivity index (χ2v) is 5.55. The number of hydrogen-bond acceptors (Lipinski definition) is 2. The van der Waals surface area contributed by atoms with Crippen molar-refractivity contribution in [2.24, 2.45) is 11.8 Å². The van der Waals surface area contributed by atoms with Gasteiger partial charge in [-0.3, -0.25) is 0 Å². The Labute approximate surface area is 89.8 Å². The third kappa shape index (κ3) is 1.73. The summed E-state index contributed by atoms with van der Waals surface area (Å²) in [6.07, 6.45) is 3.72. The normalized spacial score (nSPS) is 21.6. The van der Waals surface area contributed by atoms with Crippen molar-refractivity contribution in [2.75, 3.05) is 0 Å². The van der Waals surface area contributed by atoms with Crippen LogP contribution in [0.5, 0.6) is 0 Å². The molecule has 1 N–H and O–H groups in total. The average Bonchev–Trinajstić information content (AvgIpc) is 2.47. The van der Waals surface area contributed by atoms with Crippen molar-refractivity contribution in [1.29, 1.82) is 0 Å². The van der Waals surface area contributed by atoms with Crippen molar-refractivity contribution in [3.05, 3.63) is 21.9 Å². The third-order valence-electron chi connectivity index (χ3n) is 3.61. The molecule has 1 nitrogen and oxygen atoms in total. The van der Waals surface area contributed by atoms with Crippen molar-refractivity contribution in [3.8, 4) is 0 Å². The number of rotatable bonds is 3. The first-order valence-corrected chi connectivity index (χ1v) is 6.30. The summed E-state index contributed by atoms with van der Waals surface area (Å²) in [5.41, 5.74) is 1.15. The lowest BCUT2D eigenvalue weighted by Gasteiger charge is -2.34. The van der Waals surface area contributed by atoms with Crippen LogP contribution in [0.1, 0.15) is 42.7 Å². The molecule has 0 radical (unpaired) electrons. The van der Waals surface area contributed by atoms with Crippen LogP contribution in [-0.4, -0.2) is 5.11 Å². The van der Waals surface area contributed by atoms with Gasteiger partial charge < -0.3 is 5.11 Å². The van der Waals surface area contributed by atoms with Gasteiger partial charge in [-0.25, -0.2) is 0 Å². The Morgan fingerprint density at radius 2 is 2.21 bits per heavy atom. The van der Waals surface area contributed by atoms with Gasteiger partial charge in [0.2, 0.25) is 0 Å². The summed E-state index contributed by atoms with van der Waals surface area (Å²) in [5.74, 6) is 1.18. The fourth-order valence-corrected chi connectivity index (χ4v) is 2.95. The molecule has 1 aliphatic carbocycles. The van der Waals surface area contributed by atoms with Gasteiger partial charge in [0.05, 0.1) is 6.10 Å². The fraction of sp³-hybridized carbons (Fsp3) is 0.667. The van der Waals surface area contributed by atoms with Gasteiger partial charge in [-0.15, -0.1) is 11.3 Å². The Bertz CT molecular complexity index is 301. The van der Waals surface area contributed by atoms with Gasteiger partial charge in [0.25, 0.3) is 0 Å². The molecule has 0 amide bonds. The van der Waals surface area contributed by atoms with E-state index >= 15 is 0 Å². The zero-order valence-electron chi connectivity index (χ0n) is 8.86. The van der Waals surface area contributed by atoms with E-state index in [0.717, 1.165) is 11.5 Å². The molecule has 2 unspecified atom stereocenters. The zero-order valence-corrected chi connectivity index (χ0v) is 9.68. The highest BCUT2D eigenvalue weighted by Gasteiger charge is 2.30. The van der Waals surface area contributed by atoms with Gasteiger partial charge >= 0.3 is 0 Å². The number of aliphatic hydroxyl groups is 1. The molecule has 1 saturated carbocycles. The SMILES string of the molecule is Cc1sccc1C(O)C(C)C1CCC1. The fourth-order valence-electron chi connectivity index (χ4n) is 2.21. The highest BCUT2D eigenvalue weighted by Crippen LogP contribution is 2.40. The number of aryl methyl sites for hydroxylation is 1. The summed E-state index contributed by atoms with van der Waals surface area (Å²) in [7, 11) is 0. The lowest BCUT2D eigenvalue weighted by Crippen LogP contribution is -2.25. The first-order valence-electron chi connectivity index (χ1n) is 5.42. The Kier molecular flexibility index (Phi) is 2.93. The van der Waals surface area contributed by atoms with Gasteiger partial charge in [0.15, 0.2) is 0 Å². The van der Waals surface area contributed by atoms with Crippen molar-refractivity contribution >= 4 is 11.3 Å². The first kappa shape index (κ1) is 10.2.